The minimum Gasteiger partial charge on any atom is -0.334 e. The van der Waals surface area contributed by atoms with E-state index in [0.29, 0.717) is 24.7 Å². The molecule has 0 amide bonds. The number of H-pyrrole nitrogens is 1. The number of aromatic nitrogens is 4. The third-order valence-electron chi connectivity index (χ3n) is 4.33. The predicted octanol–water partition coefficient (Wildman–Crippen LogP) is 2.63. The van der Waals surface area contributed by atoms with Crippen LogP contribution in [0.1, 0.15) is 29.2 Å². The molecule has 0 fully saturated rings. The number of aryl methyl sites for hydroxylation is 2. The standard InChI is InChI=1S/C15H20F3N5/c1-10-12(5-19-21-10)8-22(2)6-11-3-4-14-20-13(15(16,17)18)9-23(14)7-11/h5,9,11H,3-4,6-8H2,1-2H3,(H,19,21). The summed E-state index contributed by atoms with van der Waals surface area (Å²) < 4.78 is 39.9. The zero-order valence-electron chi connectivity index (χ0n) is 13.2. The summed E-state index contributed by atoms with van der Waals surface area (Å²) in [6.07, 6.45) is 0.0514. The van der Waals surface area contributed by atoms with Crippen molar-refractivity contribution in [3.8, 4) is 0 Å². The number of rotatable bonds is 4. The number of hydrogen-bond donors (Lipinski definition) is 1. The average Bonchev–Trinajstić information content (AvgIpc) is 3.05. The number of aromatic amines is 1. The zero-order chi connectivity index (χ0) is 16.6. The summed E-state index contributed by atoms with van der Waals surface area (Å²) in [5.74, 6) is 0.872. The molecule has 0 aromatic carbocycles. The van der Waals surface area contributed by atoms with Crippen molar-refractivity contribution in [1.29, 1.82) is 0 Å². The second kappa shape index (κ2) is 5.99. The molecule has 3 heterocycles. The van der Waals surface area contributed by atoms with E-state index in [1.165, 1.54) is 0 Å². The van der Waals surface area contributed by atoms with Crippen molar-refractivity contribution in [3.05, 3.63) is 35.2 Å². The number of nitrogens with one attached hydrogen (secondary N) is 1. The first-order chi connectivity index (χ1) is 10.8. The number of imidazole rings is 1. The molecular weight excluding hydrogens is 307 g/mol. The minimum atomic E-state index is -4.37. The molecule has 23 heavy (non-hydrogen) atoms. The van der Waals surface area contributed by atoms with E-state index in [0.717, 1.165) is 37.0 Å². The number of nitrogens with zero attached hydrogens (tertiary/aromatic N) is 4. The fraction of sp³-hybridized carbons (Fsp3) is 0.600. The van der Waals surface area contributed by atoms with E-state index in [1.54, 1.807) is 4.57 Å². The Hall–Kier alpha value is -1.83. The molecule has 0 saturated carbocycles. The van der Waals surface area contributed by atoms with Crippen molar-refractivity contribution in [1.82, 2.24) is 24.6 Å². The van der Waals surface area contributed by atoms with Crippen molar-refractivity contribution >= 4 is 0 Å². The van der Waals surface area contributed by atoms with Gasteiger partial charge in [0, 0.05) is 43.5 Å². The number of hydrogen-bond acceptors (Lipinski definition) is 3. The minimum absolute atomic E-state index is 0.329. The average molecular weight is 327 g/mol. The maximum Gasteiger partial charge on any atom is 0.434 e. The van der Waals surface area contributed by atoms with Crippen LogP contribution in [0.25, 0.3) is 0 Å². The quantitative estimate of drug-likeness (QED) is 0.939. The fourth-order valence-corrected chi connectivity index (χ4v) is 3.13. The Balaban J connectivity index is 1.61. The Morgan fingerprint density at radius 3 is 2.87 bits per heavy atom. The molecule has 5 nitrogen and oxygen atoms in total. The predicted molar refractivity (Wildman–Crippen MR) is 78.7 cm³/mol. The summed E-state index contributed by atoms with van der Waals surface area (Å²) in [4.78, 5) is 5.91. The van der Waals surface area contributed by atoms with Gasteiger partial charge in [0.05, 0.1) is 6.20 Å². The van der Waals surface area contributed by atoms with Crippen LogP contribution >= 0.6 is 0 Å². The van der Waals surface area contributed by atoms with Crippen LogP contribution in [0, 0.1) is 12.8 Å². The van der Waals surface area contributed by atoms with Crippen molar-refractivity contribution in [2.24, 2.45) is 5.92 Å². The highest BCUT2D eigenvalue weighted by atomic mass is 19.4. The van der Waals surface area contributed by atoms with Gasteiger partial charge in [-0.2, -0.15) is 18.3 Å². The van der Waals surface area contributed by atoms with Crippen LogP contribution < -0.4 is 0 Å². The summed E-state index contributed by atoms with van der Waals surface area (Å²) in [5, 5.41) is 6.92. The molecule has 0 radical (unpaired) electrons. The van der Waals surface area contributed by atoms with Crippen molar-refractivity contribution in [2.75, 3.05) is 13.6 Å². The van der Waals surface area contributed by atoms with Crippen LogP contribution in [0.4, 0.5) is 13.2 Å². The van der Waals surface area contributed by atoms with E-state index in [1.807, 2.05) is 20.2 Å². The van der Waals surface area contributed by atoms with Crippen LogP contribution in [0.3, 0.4) is 0 Å². The molecule has 1 unspecified atom stereocenters. The maximum absolute atomic E-state index is 12.7. The molecule has 8 heteroatoms. The molecule has 0 aliphatic carbocycles. The molecule has 1 atom stereocenters. The lowest BCUT2D eigenvalue weighted by Gasteiger charge is -2.28. The molecule has 3 rings (SSSR count). The van der Waals surface area contributed by atoms with Gasteiger partial charge in [-0.15, -0.1) is 0 Å². The van der Waals surface area contributed by atoms with E-state index in [9.17, 15) is 13.2 Å². The van der Waals surface area contributed by atoms with Crippen LogP contribution in [0.15, 0.2) is 12.4 Å². The summed E-state index contributed by atoms with van der Waals surface area (Å²) in [6, 6.07) is 0. The second-order valence-electron chi connectivity index (χ2n) is 6.31. The Labute approximate surface area is 132 Å². The largest absolute Gasteiger partial charge is 0.434 e. The summed E-state index contributed by atoms with van der Waals surface area (Å²) in [5.41, 5.74) is 1.41. The first kappa shape index (κ1) is 16.0. The Kier molecular flexibility index (Phi) is 4.18. The van der Waals surface area contributed by atoms with Gasteiger partial charge in [0.25, 0.3) is 0 Å². The Bertz CT molecular complexity index is 673. The van der Waals surface area contributed by atoms with E-state index >= 15 is 0 Å². The molecule has 1 aliphatic heterocycles. The van der Waals surface area contributed by atoms with Crippen molar-refractivity contribution < 1.29 is 13.2 Å². The molecule has 126 valence electrons. The van der Waals surface area contributed by atoms with E-state index in [2.05, 4.69) is 20.1 Å². The van der Waals surface area contributed by atoms with Gasteiger partial charge in [-0.1, -0.05) is 0 Å². The van der Waals surface area contributed by atoms with Gasteiger partial charge in [0.2, 0.25) is 0 Å². The molecule has 1 aliphatic rings. The fourth-order valence-electron chi connectivity index (χ4n) is 3.13. The normalized spacial score (nSPS) is 18.4. The highest BCUT2D eigenvalue weighted by Crippen LogP contribution is 2.30. The van der Waals surface area contributed by atoms with Gasteiger partial charge in [0.15, 0.2) is 5.69 Å². The topological polar surface area (TPSA) is 49.7 Å². The molecule has 0 bridgehead atoms. The first-order valence-electron chi connectivity index (χ1n) is 7.63. The van der Waals surface area contributed by atoms with Crippen LogP contribution in [-0.4, -0.2) is 38.2 Å². The van der Waals surface area contributed by atoms with Crippen molar-refractivity contribution in [2.45, 2.75) is 39.0 Å². The van der Waals surface area contributed by atoms with Crippen LogP contribution in [0.5, 0.6) is 0 Å². The number of fused-ring (bicyclic) bond motifs is 1. The molecule has 1 N–H and O–H groups in total. The second-order valence-corrected chi connectivity index (χ2v) is 6.31. The van der Waals surface area contributed by atoms with Gasteiger partial charge in [-0.25, -0.2) is 4.98 Å². The lowest BCUT2D eigenvalue weighted by Crippen LogP contribution is -2.31. The zero-order valence-corrected chi connectivity index (χ0v) is 13.2. The summed E-state index contributed by atoms with van der Waals surface area (Å²) in [6.45, 7) is 4.19. The monoisotopic (exact) mass is 327 g/mol. The molecule has 2 aromatic rings. The molecular formula is C15H20F3N5. The Morgan fingerprint density at radius 1 is 1.43 bits per heavy atom. The third-order valence-corrected chi connectivity index (χ3v) is 4.33. The third kappa shape index (κ3) is 3.57. The van der Waals surface area contributed by atoms with Crippen molar-refractivity contribution in [3.63, 3.8) is 0 Å². The van der Waals surface area contributed by atoms with Gasteiger partial charge >= 0.3 is 6.18 Å². The molecule has 0 saturated heterocycles. The summed E-state index contributed by atoms with van der Waals surface area (Å²) >= 11 is 0. The van der Waals surface area contributed by atoms with Gasteiger partial charge < -0.3 is 9.47 Å². The van der Waals surface area contributed by atoms with Gasteiger partial charge in [-0.05, 0) is 26.3 Å². The van der Waals surface area contributed by atoms with Gasteiger partial charge in [-0.3, -0.25) is 5.10 Å². The molecule has 0 spiro atoms. The lowest BCUT2D eigenvalue weighted by atomic mass is 9.99. The SMILES string of the molecule is Cc1[nH]ncc1CN(C)CC1CCc2nc(C(F)(F)F)cn2C1. The lowest BCUT2D eigenvalue weighted by molar-refractivity contribution is -0.141. The number of halogens is 3. The molecule has 2 aromatic heterocycles. The van der Waals surface area contributed by atoms with E-state index < -0.39 is 11.9 Å². The Morgan fingerprint density at radius 2 is 2.22 bits per heavy atom. The highest BCUT2D eigenvalue weighted by Gasteiger charge is 2.35. The van der Waals surface area contributed by atoms with E-state index in [-0.39, 0.29) is 0 Å². The van der Waals surface area contributed by atoms with Crippen LogP contribution in [-0.2, 0) is 25.7 Å². The first-order valence-corrected chi connectivity index (χ1v) is 7.63. The van der Waals surface area contributed by atoms with Gasteiger partial charge in [0.1, 0.15) is 5.82 Å². The van der Waals surface area contributed by atoms with E-state index in [4.69, 9.17) is 0 Å². The smallest absolute Gasteiger partial charge is 0.334 e. The highest BCUT2D eigenvalue weighted by molar-refractivity contribution is 5.14. The number of alkyl halides is 3. The summed E-state index contributed by atoms with van der Waals surface area (Å²) in [7, 11) is 2.02. The van der Waals surface area contributed by atoms with Crippen LogP contribution in [0.2, 0.25) is 0 Å². The maximum atomic E-state index is 12.7.